The van der Waals surface area contributed by atoms with Crippen LogP contribution in [0.5, 0.6) is 5.75 Å². The van der Waals surface area contributed by atoms with Gasteiger partial charge in [0.2, 0.25) is 0 Å². The summed E-state index contributed by atoms with van der Waals surface area (Å²) in [5.41, 5.74) is 6.50. The minimum atomic E-state index is 0.625. The van der Waals surface area contributed by atoms with Crippen molar-refractivity contribution in [2.45, 2.75) is 25.9 Å². The molecule has 1 aromatic rings. The fraction of sp³-hybridized carbons (Fsp3) is 0.412. The Hall–Kier alpha value is -1.76. The molecule has 0 saturated carbocycles. The molecule has 0 aliphatic rings. The molecule has 0 saturated heterocycles. The number of methoxy groups -OCH3 is 1. The van der Waals surface area contributed by atoms with Gasteiger partial charge >= 0.3 is 0 Å². The fourth-order valence-corrected chi connectivity index (χ4v) is 1.56. The van der Waals surface area contributed by atoms with Gasteiger partial charge in [0.05, 0.1) is 13.7 Å². The van der Waals surface area contributed by atoms with E-state index in [2.05, 4.69) is 17.9 Å². The lowest BCUT2D eigenvalue weighted by molar-refractivity contribution is 0.119. The summed E-state index contributed by atoms with van der Waals surface area (Å²) in [5.74, 6) is 6.79. The first-order valence-corrected chi connectivity index (χ1v) is 6.91. The first-order chi connectivity index (χ1) is 9.86. The zero-order chi connectivity index (χ0) is 14.5. The lowest BCUT2D eigenvalue weighted by Crippen LogP contribution is -1.95. The van der Waals surface area contributed by atoms with E-state index in [0.29, 0.717) is 13.2 Å². The van der Waals surface area contributed by atoms with Gasteiger partial charge in [-0.25, -0.2) is 0 Å². The molecule has 0 aliphatic carbocycles. The molecule has 2 N–H and O–H groups in total. The SMILES string of the molecule is COc1ccc(COCCC/C=C/C#CCCN)cc1. The lowest BCUT2D eigenvalue weighted by atomic mass is 10.2. The summed E-state index contributed by atoms with van der Waals surface area (Å²) in [4.78, 5) is 0. The van der Waals surface area contributed by atoms with Crippen LogP contribution >= 0.6 is 0 Å². The maximum Gasteiger partial charge on any atom is 0.118 e. The first-order valence-electron chi connectivity index (χ1n) is 6.91. The normalized spacial score (nSPS) is 10.3. The molecule has 1 rings (SSSR count). The zero-order valence-electron chi connectivity index (χ0n) is 12.1. The van der Waals surface area contributed by atoms with E-state index in [1.165, 1.54) is 0 Å². The van der Waals surface area contributed by atoms with Crippen LogP contribution in [0.3, 0.4) is 0 Å². The molecule has 0 bridgehead atoms. The number of rotatable bonds is 8. The third kappa shape index (κ3) is 7.63. The number of hydrogen-bond acceptors (Lipinski definition) is 3. The van der Waals surface area contributed by atoms with Crippen molar-refractivity contribution in [2.75, 3.05) is 20.3 Å². The van der Waals surface area contributed by atoms with Gasteiger partial charge in [-0.3, -0.25) is 0 Å². The van der Waals surface area contributed by atoms with E-state index < -0.39 is 0 Å². The topological polar surface area (TPSA) is 44.5 Å². The van der Waals surface area contributed by atoms with E-state index in [1.54, 1.807) is 7.11 Å². The molecule has 1 aromatic carbocycles. The van der Waals surface area contributed by atoms with Gasteiger partial charge in [0, 0.05) is 19.6 Å². The largest absolute Gasteiger partial charge is 0.497 e. The highest BCUT2D eigenvalue weighted by molar-refractivity contribution is 5.26. The molecule has 0 atom stereocenters. The highest BCUT2D eigenvalue weighted by atomic mass is 16.5. The van der Waals surface area contributed by atoms with Crippen LogP contribution in [0.2, 0.25) is 0 Å². The smallest absolute Gasteiger partial charge is 0.118 e. The van der Waals surface area contributed by atoms with Crippen molar-refractivity contribution in [3.05, 3.63) is 42.0 Å². The fourth-order valence-electron chi connectivity index (χ4n) is 1.56. The first kappa shape index (κ1) is 16.3. The highest BCUT2D eigenvalue weighted by Gasteiger charge is 1.94. The number of allylic oxidation sites excluding steroid dienone is 2. The summed E-state index contributed by atoms with van der Waals surface area (Å²) in [7, 11) is 1.67. The molecular formula is C17H23NO2. The van der Waals surface area contributed by atoms with Gasteiger partial charge in [-0.2, -0.15) is 0 Å². The standard InChI is InChI=1S/C17H23NO2/c1-19-17-11-9-16(10-12-17)15-20-14-8-6-4-2-3-5-7-13-18/h2,4,9-12H,6-8,13-15,18H2,1H3/b4-2+. The van der Waals surface area contributed by atoms with Crippen LogP contribution in [0.1, 0.15) is 24.8 Å². The van der Waals surface area contributed by atoms with E-state index in [4.69, 9.17) is 15.2 Å². The van der Waals surface area contributed by atoms with Gasteiger partial charge in [0.25, 0.3) is 0 Å². The highest BCUT2D eigenvalue weighted by Crippen LogP contribution is 2.12. The van der Waals surface area contributed by atoms with E-state index in [9.17, 15) is 0 Å². The molecule has 3 nitrogen and oxygen atoms in total. The second kappa shape index (κ2) is 11.1. The van der Waals surface area contributed by atoms with Gasteiger partial charge in [0.1, 0.15) is 5.75 Å². The summed E-state index contributed by atoms with van der Waals surface area (Å²) < 4.78 is 10.7. The van der Waals surface area contributed by atoms with Crippen molar-refractivity contribution in [2.24, 2.45) is 5.73 Å². The van der Waals surface area contributed by atoms with Gasteiger partial charge in [0.15, 0.2) is 0 Å². The molecule has 20 heavy (non-hydrogen) atoms. The molecule has 3 heteroatoms. The summed E-state index contributed by atoms with van der Waals surface area (Å²) >= 11 is 0. The van der Waals surface area contributed by atoms with Crippen molar-refractivity contribution in [3.8, 4) is 17.6 Å². The quantitative estimate of drug-likeness (QED) is 0.585. The molecular weight excluding hydrogens is 250 g/mol. The molecule has 108 valence electrons. The minimum absolute atomic E-state index is 0.625. The Bertz CT molecular complexity index is 440. The minimum Gasteiger partial charge on any atom is -0.497 e. The van der Waals surface area contributed by atoms with Crippen LogP contribution in [-0.2, 0) is 11.3 Å². The van der Waals surface area contributed by atoms with E-state index in [0.717, 1.165) is 37.2 Å². The van der Waals surface area contributed by atoms with Gasteiger partial charge in [-0.15, -0.1) is 0 Å². The molecule has 0 radical (unpaired) electrons. The Labute approximate surface area is 121 Å². The van der Waals surface area contributed by atoms with Crippen molar-refractivity contribution in [1.29, 1.82) is 0 Å². The Morgan fingerprint density at radius 3 is 2.75 bits per heavy atom. The summed E-state index contributed by atoms with van der Waals surface area (Å²) in [6, 6.07) is 7.93. The third-order valence-corrected chi connectivity index (χ3v) is 2.66. The molecule has 0 fully saturated rings. The Kier molecular flexibility index (Phi) is 9.04. The van der Waals surface area contributed by atoms with Crippen LogP contribution in [0.15, 0.2) is 36.4 Å². The lowest BCUT2D eigenvalue weighted by Gasteiger charge is -2.04. The van der Waals surface area contributed by atoms with Crippen LogP contribution in [0.4, 0.5) is 0 Å². The summed E-state index contributed by atoms with van der Waals surface area (Å²) in [6.07, 6.45) is 6.71. The molecule has 0 aliphatic heterocycles. The third-order valence-electron chi connectivity index (χ3n) is 2.66. The molecule has 0 unspecified atom stereocenters. The molecule has 0 spiro atoms. The number of benzene rings is 1. The molecule has 0 aromatic heterocycles. The predicted molar refractivity (Wildman–Crippen MR) is 82.5 cm³/mol. The number of nitrogens with two attached hydrogens (primary N) is 1. The van der Waals surface area contributed by atoms with Gasteiger partial charge < -0.3 is 15.2 Å². The van der Waals surface area contributed by atoms with Crippen LogP contribution in [0.25, 0.3) is 0 Å². The van der Waals surface area contributed by atoms with Gasteiger partial charge in [-0.1, -0.05) is 30.0 Å². The van der Waals surface area contributed by atoms with Gasteiger partial charge in [-0.05, 0) is 36.6 Å². The van der Waals surface area contributed by atoms with Crippen LogP contribution in [-0.4, -0.2) is 20.3 Å². The van der Waals surface area contributed by atoms with Crippen molar-refractivity contribution in [3.63, 3.8) is 0 Å². The Morgan fingerprint density at radius 2 is 2.05 bits per heavy atom. The van der Waals surface area contributed by atoms with Crippen LogP contribution in [0, 0.1) is 11.8 Å². The summed E-state index contributed by atoms with van der Waals surface area (Å²) in [5, 5.41) is 0. The summed E-state index contributed by atoms with van der Waals surface area (Å²) in [6.45, 7) is 2.02. The van der Waals surface area contributed by atoms with E-state index >= 15 is 0 Å². The molecule has 0 heterocycles. The molecule has 0 amide bonds. The number of hydrogen-bond donors (Lipinski definition) is 1. The zero-order valence-corrected chi connectivity index (χ0v) is 12.1. The average molecular weight is 273 g/mol. The van der Waals surface area contributed by atoms with Crippen molar-refractivity contribution < 1.29 is 9.47 Å². The Balaban J connectivity index is 2.06. The van der Waals surface area contributed by atoms with E-state index in [1.807, 2.05) is 30.3 Å². The Morgan fingerprint density at radius 1 is 1.25 bits per heavy atom. The van der Waals surface area contributed by atoms with Crippen molar-refractivity contribution >= 4 is 0 Å². The second-order valence-electron chi connectivity index (χ2n) is 4.31. The van der Waals surface area contributed by atoms with Crippen LogP contribution < -0.4 is 10.5 Å². The second-order valence-corrected chi connectivity index (χ2v) is 4.31. The average Bonchev–Trinajstić information content (AvgIpc) is 2.50. The maximum atomic E-state index is 5.61. The maximum absolute atomic E-state index is 5.61. The number of ether oxygens (including phenoxy) is 2. The number of unbranched alkanes of at least 4 members (excludes halogenated alkanes) is 1. The van der Waals surface area contributed by atoms with Crippen molar-refractivity contribution in [1.82, 2.24) is 0 Å². The predicted octanol–water partition coefficient (Wildman–Crippen LogP) is 2.90. The monoisotopic (exact) mass is 273 g/mol. The van der Waals surface area contributed by atoms with E-state index in [-0.39, 0.29) is 0 Å².